The molecular weight excluding hydrogens is 310 g/mol. The predicted molar refractivity (Wildman–Crippen MR) is 77.3 cm³/mol. The average Bonchev–Trinajstić information content (AvgIpc) is 2.41. The van der Waals surface area contributed by atoms with E-state index in [1.807, 2.05) is 25.1 Å². The van der Waals surface area contributed by atoms with Crippen molar-refractivity contribution in [2.45, 2.75) is 6.92 Å². The monoisotopic (exact) mass is 323 g/mol. The van der Waals surface area contributed by atoms with E-state index in [0.717, 1.165) is 17.0 Å². The Bertz CT molecular complexity index is 590. The molecular formula is C13H14BrN3O2. The Morgan fingerprint density at radius 1 is 1.21 bits per heavy atom. The predicted octanol–water partition coefficient (Wildman–Crippen LogP) is 3.31. The van der Waals surface area contributed by atoms with Gasteiger partial charge in [-0.1, -0.05) is 0 Å². The maximum Gasteiger partial charge on any atom is 0.232 e. The van der Waals surface area contributed by atoms with Crippen LogP contribution in [0.25, 0.3) is 0 Å². The van der Waals surface area contributed by atoms with Crippen molar-refractivity contribution < 1.29 is 9.47 Å². The third-order valence-electron chi connectivity index (χ3n) is 2.56. The van der Waals surface area contributed by atoms with Gasteiger partial charge in [0.05, 0.1) is 24.9 Å². The lowest BCUT2D eigenvalue weighted by atomic mass is 10.2. The lowest BCUT2D eigenvalue weighted by Gasteiger charge is -2.09. The van der Waals surface area contributed by atoms with Gasteiger partial charge in [-0.3, -0.25) is 0 Å². The number of halogens is 1. The van der Waals surface area contributed by atoms with Crippen molar-refractivity contribution in [1.82, 2.24) is 9.97 Å². The molecule has 6 heteroatoms. The summed E-state index contributed by atoms with van der Waals surface area (Å²) in [6, 6.07) is 5.77. The van der Waals surface area contributed by atoms with Crippen LogP contribution >= 0.6 is 15.9 Å². The largest absolute Gasteiger partial charge is 0.496 e. The summed E-state index contributed by atoms with van der Waals surface area (Å²) in [4.78, 5) is 8.41. The van der Waals surface area contributed by atoms with E-state index in [1.165, 1.54) is 0 Å². The molecule has 0 aliphatic heterocycles. The summed E-state index contributed by atoms with van der Waals surface area (Å²) in [7, 11) is 3.21. The van der Waals surface area contributed by atoms with Crippen LogP contribution in [0.5, 0.6) is 11.6 Å². The van der Waals surface area contributed by atoms with E-state index in [-0.39, 0.29) is 0 Å². The van der Waals surface area contributed by atoms with E-state index in [9.17, 15) is 0 Å². The van der Waals surface area contributed by atoms with Crippen LogP contribution in [0.2, 0.25) is 0 Å². The van der Waals surface area contributed by atoms with Gasteiger partial charge in [0.2, 0.25) is 11.8 Å². The zero-order valence-electron chi connectivity index (χ0n) is 10.9. The molecule has 0 saturated heterocycles. The fraction of sp³-hybridized carbons (Fsp3) is 0.231. The third kappa shape index (κ3) is 3.14. The molecule has 0 saturated carbocycles. The van der Waals surface area contributed by atoms with Gasteiger partial charge in [-0.05, 0) is 46.6 Å². The minimum Gasteiger partial charge on any atom is -0.496 e. The fourth-order valence-corrected chi connectivity index (χ4v) is 1.99. The van der Waals surface area contributed by atoms with E-state index in [1.54, 1.807) is 20.4 Å². The first-order valence-corrected chi connectivity index (χ1v) is 6.41. The van der Waals surface area contributed by atoms with Gasteiger partial charge in [0.15, 0.2) is 0 Å². The molecule has 1 aromatic heterocycles. The molecule has 0 atom stereocenters. The summed E-state index contributed by atoms with van der Waals surface area (Å²) in [5.74, 6) is 1.81. The summed E-state index contributed by atoms with van der Waals surface area (Å²) in [5, 5.41) is 3.12. The molecule has 2 rings (SSSR count). The first kappa shape index (κ1) is 13.6. The van der Waals surface area contributed by atoms with Gasteiger partial charge in [0.1, 0.15) is 5.75 Å². The van der Waals surface area contributed by atoms with Crippen LogP contribution in [0.15, 0.2) is 28.9 Å². The molecule has 19 heavy (non-hydrogen) atoms. The smallest absolute Gasteiger partial charge is 0.232 e. The maximum atomic E-state index is 5.22. The summed E-state index contributed by atoms with van der Waals surface area (Å²) in [6.45, 7) is 1.98. The minimum absolute atomic E-state index is 0.476. The number of aromatic nitrogens is 2. The lowest BCUT2D eigenvalue weighted by molar-refractivity contribution is 0.394. The molecule has 0 bridgehead atoms. The van der Waals surface area contributed by atoms with Crippen LogP contribution in [0.1, 0.15) is 5.56 Å². The molecule has 0 radical (unpaired) electrons. The van der Waals surface area contributed by atoms with E-state index in [4.69, 9.17) is 9.47 Å². The Kier molecular flexibility index (Phi) is 4.21. The Morgan fingerprint density at radius 3 is 2.63 bits per heavy atom. The van der Waals surface area contributed by atoms with Crippen molar-refractivity contribution >= 4 is 27.6 Å². The second kappa shape index (κ2) is 5.88. The second-order valence-corrected chi connectivity index (χ2v) is 4.71. The van der Waals surface area contributed by atoms with Crippen LogP contribution in [0, 0.1) is 6.92 Å². The minimum atomic E-state index is 0.476. The van der Waals surface area contributed by atoms with Gasteiger partial charge in [0, 0.05) is 5.69 Å². The highest BCUT2D eigenvalue weighted by Gasteiger charge is 2.06. The molecule has 0 unspecified atom stereocenters. The van der Waals surface area contributed by atoms with Crippen molar-refractivity contribution in [1.29, 1.82) is 0 Å². The van der Waals surface area contributed by atoms with E-state index in [0.29, 0.717) is 16.3 Å². The summed E-state index contributed by atoms with van der Waals surface area (Å²) in [5.41, 5.74) is 1.93. The van der Waals surface area contributed by atoms with Crippen molar-refractivity contribution in [2.75, 3.05) is 19.5 Å². The number of nitrogens with one attached hydrogen (secondary N) is 1. The number of rotatable bonds is 4. The molecule has 1 heterocycles. The van der Waals surface area contributed by atoms with Crippen LogP contribution in [0.4, 0.5) is 11.6 Å². The van der Waals surface area contributed by atoms with E-state index >= 15 is 0 Å². The Hall–Kier alpha value is -1.82. The Labute approximate surface area is 120 Å². The zero-order valence-corrected chi connectivity index (χ0v) is 12.5. The molecule has 0 fully saturated rings. The number of anilines is 2. The second-order valence-electron chi connectivity index (χ2n) is 3.86. The van der Waals surface area contributed by atoms with Crippen LogP contribution in [-0.4, -0.2) is 24.2 Å². The fourth-order valence-electron chi connectivity index (χ4n) is 1.64. The topological polar surface area (TPSA) is 56.3 Å². The number of ether oxygens (including phenoxy) is 2. The van der Waals surface area contributed by atoms with Gasteiger partial charge in [-0.25, -0.2) is 4.98 Å². The number of benzene rings is 1. The summed E-state index contributed by atoms with van der Waals surface area (Å²) >= 11 is 3.31. The van der Waals surface area contributed by atoms with Gasteiger partial charge < -0.3 is 14.8 Å². The number of methoxy groups -OCH3 is 2. The number of hydrogen-bond acceptors (Lipinski definition) is 5. The Balaban J connectivity index is 2.23. The lowest BCUT2D eigenvalue weighted by Crippen LogP contribution is -2.00. The molecule has 5 nitrogen and oxygen atoms in total. The molecule has 0 aliphatic rings. The van der Waals surface area contributed by atoms with Crippen molar-refractivity contribution in [3.63, 3.8) is 0 Å². The number of hydrogen-bond donors (Lipinski definition) is 1. The molecule has 1 aromatic carbocycles. The van der Waals surface area contributed by atoms with E-state index in [2.05, 4.69) is 31.2 Å². The molecule has 0 spiro atoms. The molecule has 1 N–H and O–H groups in total. The van der Waals surface area contributed by atoms with Gasteiger partial charge >= 0.3 is 0 Å². The average molecular weight is 324 g/mol. The zero-order chi connectivity index (χ0) is 13.8. The molecule has 100 valence electrons. The van der Waals surface area contributed by atoms with E-state index < -0.39 is 0 Å². The van der Waals surface area contributed by atoms with Crippen LogP contribution in [0.3, 0.4) is 0 Å². The number of nitrogens with zero attached hydrogens (tertiary/aromatic N) is 2. The highest BCUT2D eigenvalue weighted by atomic mass is 79.9. The SMILES string of the molecule is COc1ccc(Nc2ncc(Br)c(OC)n2)cc1C. The molecule has 2 aromatic rings. The molecule has 0 amide bonds. The van der Waals surface area contributed by atoms with Gasteiger partial charge in [-0.15, -0.1) is 0 Å². The van der Waals surface area contributed by atoms with Gasteiger partial charge in [-0.2, -0.15) is 4.98 Å². The normalized spacial score (nSPS) is 10.1. The van der Waals surface area contributed by atoms with Gasteiger partial charge in [0.25, 0.3) is 0 Å². The third-order valence-corrected chi connectivity index (χ3v) is 3.10. The first-order chi connectivity index (χ1) is 9.13. The maximum absolute atomic E-state index is 5.22. The van der Waals surface area contributed by atoms with Crippen LogP contribution < -0.4 is 14.8 Å². The highest BCUT2D eigenvalue weighted by molar-refractivity contribution is 9.10. The van der Waals surface area contributed by atoms with Crippen LogP contribution in [-0.2, 0) is 0 Å². The van der Waals surface area contributed by atoms with Crippen molar-refractivity contribution in [2.24, 2.45) is 0 Å². The summed E-state index contributed by atoms with van der Waals surface area (Å²) < 4.78 is 11.1. The highest BCUT2D eigenvalue weighted by Crippen LogP contribution is 2.25. The standard InChI is InChI=1S/C13H14BrN3O2/c1-8-6-9(4-5-11(8)18-2)16-13-15-7-10(14)12(17-13)19-3/h4-7H,1-3H3,(H,15,16,17). The molecule has 0 aliphatic carbocycles. The summed E-state index contributed by atoms with van der Waals surface area (Å²) in [6.07, 6.45) is 1.64. The first-order valence-electron chi connectivity index (χ1n) is 5.62. The Morgan fingerprint density at radius 2 is 2.00 bits per heavy atom. The number of aryl methyl sites for hydroxylation is 1. The quantitative estimate of drug-likeness (QED) is 0.935. The van der Waals surface area contributed by atoms with Crippen molar-refractivity contribution in [3.8, 4) is 11.6 Å². The van der Waals surface area contributed by atoms with Crippen molar-refractivity contribution in [3.05, 3.63) is 34.4 Å².